The average Bonchev–Trinajstić information content (AvgIpc) is 3.09. The number of aliphatic hydroxyl groups is 2. The van der Waals surface area contributed by atoms with Gasteiger partial charge in [0.1, 0.15) is 11.6 Å². The normalized spacial score (nSPS) is 19.0. The standard InChI is InChI=1S/C27H29FN2O3S/c1-29-23(8-5-9-24(32)19-11-13-20(28)14-12-19)26(22-15-10-18(17-31)16-25(22)33)30(27(29)34)21-6-3-2-4-7-21/h2-4,6-7,10-16,23-24,26,31-33H,5,8-9,17H2,1H3/t23-,24?,26-/m1/s1. The van der Waals surface area contributed by atoms with Gasteiger partial charge in [-0.25, -0.2) is 4.39 Å². The number of anilines is 1. The van der Waals surface area contributed by atoms with Crippen LogP contribution in [0.4, 0.5) is 10.1 Å². The maximum Gasteiger partial charge on any atom is 0.176 e. The molecule has 0 amide bonds. The predicted octanol–water partition coefficient (Wildman–Crippen LogP) is 5.07. The molecule has 1 unspecified atom stereocenters. The number of benzene rings is 3. The van der Waals surface area contributed by atoms with Crippen LogP contribution in [0.1, 0.15) is 48.1 Å². The summed E-state index contributed by atoms with van der Waals surface area (Å²) in [6.45, 7) is -0.149. The first-order valence-corrected chi connectivity index (χ1v) is 11.8. The van der Waals surface area contributed by atoms with Crippen LogP contribution in [0.15, 0.2) is 72.8 Å². The fourth-order valence-corrected chi connectivity index (χ4v) is 5.04. The Bertz CT molecular complexity index is 1130. The number of phenols is 1. The van der Waals surface area contributed by atoms with Crippen molar-refractivity contribution < 1.29 is 19.7 Å². The molecule has 0 spiro atoms. The van der Waals surface area contributed by atoms with Crippen LogP contribution in [-0.2, 0) is 6.61 Å². The first-order valence-electron chi connectivity index (χ1n) is 11.4. The van der Waals surface area contributed by atoms with E-state index in [1.165, 1.54) is 12.1 Å². The van der Waals surface area contributed by atoms with Crippen molar-refractivity contribution in [1.29, 1.82) is 0 Å². The summed E-state index contributed by atoms with van der Waals surface area (Å²) in [5, 5.41) is 31.6. The highest BCUT2D eigenvalue weighted by atomic mass is 32.1. The molecule has 7 heteroatoms. The highest BCUT2D eigenvalue weighted by Crippen LogP contribution is 2.43. The van der Waals surface area contributed by atoms with E-state index in [9.17, 15) is 19.7 Å². The summed E-state index contributed by atoms with van der Waals surface area (Å²) in [6, 6.07) is 20.7. The summed E-state index contributed by atoms with van der Waals surface area (Å²) in [7, 11) is 1.96. The second-order valence-corrected chi connectivity index (χ2v) is 9.03. The van der Waals surface area contributed by atoms with Gasteiger partial charge in [-0.05, 0) is 72.9 Å². The largest absolute Gasteiger partial charge is 0.508 e. The molecule has 3 N–H and O–H groups in total. The molecule has 3 aromatic carbocycles. The molecule has 178 valence electrons. The number of nitrogens with zero attached hydrogens (tertiary/aromatic N) is 2. The van der Waals surface area contributed by atoms with E-state index in [1.807, 2.05) is 49.5 Å². The molecular formula is C27H29FN2O3S. The zero-order valence-electron chi connectivity index (χ0n) is 19.0. The number of halogens is 1. The molecule has 1 fully saturated rings. The van der Waals surface area contributed by atoms with Crippen LogP contribution in [0.3, 0.4) is 0 Å². The highest BCUT2D eigenvalue weighted by molar-refractivity contribution is 7.80. The van der Waals surface area contributed by atoms with Gasteiger partial charge in [0.2, 0.25) is 0 Å². The molecule has 0 aromatic heterocycles. The van der Waals surface area contributed by atoms with E-state index in [2.05, 4.69) is 9.80 Å². The maximum absolute atomic E-state index is 13.2. The summed E-state index contributed by atoms with van der Waals surface area (Å²) in [5.74, 6) is -0.208. The second-order valence-electron chi connectivity index (χ2n) is 8.66. The van der Waals surface area contributed by atoms with Crippen LogP contribution in [0, 0.1) is 5.82 Å². The molecule has 0 radical (unpaired) electrons. The lowest BCUT2D eigenvalue weighted by Crippen LogP contribution is -2.30. The fourth-order valence-electron chi connectivity index (χ4n) is 4.68. The number of rotatable bonds is 8. The zero-order valence-corrected chi connectivity index (χ0v) is 19.8. The molecule has 1 heterocycles. The number of phenolic OH excluding ortho intramolecular Hbond substituents is 1. The Balaban J connectivity index is 1.60. The van der Waals surface area contributed by atoms with Crippen molar-refractivity contribution in [3.8, 4) is 5.75 Å². The summed E-state index contributed by atoms with van der Waals surface area (Å²) in [5.41, 5.74) is 3.00. The Labute approximate surface area is 204 Å². The minimum atomic E-state index is -0.680. The summed E-state index contributed by atoms with van der Waals surface area (Å²) < 4.78 is 13.2. The van der Waals surface area contributed by atoms with Gasteiger partial charge in [0, 0.05) is 18.3 Å². The van der Waals surface area contributed by atoms with E-state index in [1.54, 1.807) is 18.2 Å². The predicted molar refractivity (Wildman–Crippen MR) is 135 cm³/mol. The quantitative estimate of drug-likeness (QED) is 0.391. The van der Waals surface area contributed by atoms with Crippen molar-refractivity contribution in [3.05, 3.63) is 95.3 Å². The minimum absolute atomic E-state index is 0.0426. The Hall–Kier alpha value is -3.00. The minimum Gasteiger partial charge on any atom is -0.508 e. The Kier molecular flexibility index (Phi) is 7.46. The number of aromatic hydroxyl groups is 1. The van der Waals surface area contributed by atoms with Crippen LogP contribution in [0.25, 0.3) is 0 Å². The van der Waals surface area contributed by atoms with Gasteiger partial charge in [-0.1, -0.05) is 42.5 Å². The lowest BCUT2D eigenvalue weighted by Gasteiger charge is -2.29. The van der Waals surface area contributed by atoms with Crippen LogP contribution < -0.4 is 4.90 Å². The van der Waals surface area contributed by atoms with Crippen molar-refractivity contribution in [2.24, 2.45) is 0 Å². The lowest BCUT2D eigenvalue weighted by molar-refractivity contribution is 0.159. The van der Waals surface area contributed by atoms with Crippen LogP contribution in [0.2, 0.25) is 0 Å². The molecule has 5 nitrogen and oxygen atoms in total. The zero-order chi connectivity index (χ0) is 24.2. The number of thiocarbonyl (C=S) groups is 1. The highest BCUT2D eigenvalue weighted by Gasteiger charge is 2.43. The molecule has 0 saturated carbocycles. The van der Waals surface area contributed by atoms with Gasteiger partial charge in [0.05, 0.1) is 24.8 Å². The molecule has 1 aliphatic rings. The molecule has 0 bridgehead atoms. The summed E-state index contributed by atoms with van der Waals surface area (Å²) in [6.07, 6.45) is 1.28. The SMILES string of the molecule is CN1C(=S)N(c2ccccc2)[C@H](c2ccc(CO)cc2O)[C@H]1CCCC(O)c1ccc(F)cc1. The van der Waals surface area contributed by atoms with Crippen molar-refractivity contribution >= 4 is 23.0 Å². The monoisotopic (exact) mass is 480 g/mol. The van der Waals surface area contributed by atoms with Crippen molar-refractivity contribution in [3.63, 3.8) is 0 Å². The third kappa shape index (κ3) is 4.92. The molecule has 3 atom stereocenters. The van der Waals surface area contributed by atoms with E-state index >= 15 is 0 Å². The number of para-hydroxylation sites is 1. The third-order valence-electron chi connectivity index (χ3n) is 6.51. The van der Waals surface area contributed by atoms with Crippen LogP contribution in [-0.4, -0.2) is 38.4 Å². The maximum atomic E-state index is 13.2. The fraction of sp³-hybridized carbons (Fsp3) is 0.296. The van der Waals surface area contributed by atoms with E-state index in [-0.39, 0.29) is 30.3 Å². The van der Waals surface area contributed by atoms with Gasteiger partial charge in [0.15, 0.2) is 5.11 Å². The first kappa shape index (κ1) is 24.1. The average molecular weight is 481 g/mol. The Morgan fingerprint density at radius 1 is 1.03 bits per heavy atom. The summed E-state index contributed by atoms with van der Waals surface area (Å²) in [4.78, 5) is 4.11. The van der Waals surface area contributed by atoms with Crippen molar-refractivity contribution in [2.45, 2.75) is 44.1 Å². The topological polar surface area (TPSA) is 67.2 Å². The van der Waals surface area contributed by atoms with Gasteiger partial charge < -0.3 is 25.1 Å². The number of hydrogen-bond donors (Lipinski definition) is 3. The Morgan fingerprint density at radius 2 is 1.74 bits per heavy atom. The van der Waals surface area contributed by atoms with Gasteiger partial charge in [0.25, 0.3) is 0 Å². The second kappa shape index (κ2) is 10.5. The first-order chi connectivity index (χ1) is 16.4. The van der Waals surface area contributed by atoms with Crippen molar-refractivity contribution in [2.75, 3.05) is 11.9 Å². The summed E-state index contributed by atoms with van der Waals surface area (Å²) >= 11 is 5.83. The van der Waals surface area contributed by atoms with E-state index in [0.717, 1.165) is 17.7 Å². The molecule has 1 aliphatic heterocycles. The van der Waals surface area contributed by atoms with Gasteiger partial charge in [-0.15, -0.1) is 0 Å². The third-order valence-corrected chi connectivity index (χ3v) is 7.00. The lowest BCUT2D eigenvalue weighted by atomic mass is 9.92. The molecule has 3 aromatic rings. The number of likely N-dealkylation sites (N-methyl/N-ethyl adjacent to an activating group) is 1. The van der Waals surface area contributed by atoms with Crippen molar-refractivity contribution in [1.82, 2.24) is 4.90 Å². The van der Waals surface area contributed by atoms with Gasteiger partial charge in [-0.2, -0.15) is 0 Å². The smallest absolute Gasteiger partial charge is 0.176 e. The molecular weight excluding hydrogens is 451 g/mol. The Morgan fingerprint density at radius 3 is 2.38 bits per heavy atom. The van der Waals surface area contributed by atoms with Crippen LogP contribution >= 0.6 is 12.2 Å². The molecule has 1 saturated heterocycles. The van der Waals surface area contributed by atoms with E-state index < -0.39 is 6.10 Å². The molecule has 4 rings (SSSR count). The van der Waals surface area contributed by atoms with Gasteiger partial charge >= 0.3 is 0 Å². The molecule has 34 heavy (non-hydrogen) atoms. The number of aliphatic hydroxyl groups excluding tert-OH is 2. The van der Waals surface area contributed by atoms with E-state index in [4.69, 9.17) is 12.2 Å². The van der Waals surface area contributed by atoms with E-state index in [0.29, 0.717) is 29.1 Å². The number of hydrogen-bond acceptors (Lipinski definition) is 4. The van der Waals surface area contributed by atoms with Crippen LogP contribution in [0.5, 0.6) is 5.75 Å². The van der Waals surface area contributed by atoms with Gasteiger partial charge in [-0.3, -0.25) is 0 Å². The molecule has 0 aliphatic carbocycles.